The van der Waals surface area contributed by atoms with Gasteiger partial charge in [-0.25, -0.2) is 0 Å². The number of ether oxygens (including phenoxy) is 2. The Bertz CT molecular complexity index is 421. The number of carbonyl (C=O) groups excluding carboxylic acids is 1. The van der Waals surface area contributed by atoms with Crippen LogP contribution >= 0.6 is 0 Å². The van der Waals surface area contributed by atoms with Crippen LogP contribution in [0.4, 0.5) is 5.69 Å². The van der Waals surface area contributed by atoms with Gasteiger partial charge in [0, 0.05) is 20.3 Å². The zero-order valence-electron chi connectivity index (χ0n) is 11.7. The first kappa shape index (κ1) is 15.3. The molecule has 0 aliphatic heterocycles. The number of methoxy groups -OCH3 is 1. The van der Waals surface area contributed by atoms with Crippen LogP contribution in [0.15, 0.2) is 18.2 Å². The molecule has 0 fully saturated rings. The predicted octanol–water partition coefficient (Wildman–Crippen LogP) is 1.50. The minimum absolute atomic E-state index is 0.156. The SMILES string of the molecule is COCCCNC(=O)C(C)Oc1cc(C)ccc1N. The van der Waals surface area contributed by atoms with Crippen LogP contribution in [0.3, 0.4) is 0 Å². The van der Waals surface area contributed by atoms with Gasteiger partial charge in [0.15, 0.2) is 6.10 Å². The van der Waals surface area contributed by atoms with Gasteiger partial charge in [-0.15, -0.1) is 0 Å². The minimum Gasteiger partial charge on any atom is -0.479 e. The highest BCUT2D eigenvalue weighted by Gasteiger charge is 2.15. The van der Waals surface area contributed by atoms with E-state index in [0.717, 1.165) is 12.0 Å². The van der Waals surface area contributed by atoms with E-state index in [-0.39, 0.29) is 5.91 Å². The second-order valence-corrected chi connectivity index (χ2v) is 4.44. The Labute approximate surface area is 114 Å². The third kappa shape index (κ3) is 5.18. The molecule has 0 radical (unpaired) electrons. The third-order valence-corrected chi connectivity index (χ3v) is 2.67. The summed E-state index contributed by atoms with van der Waals surface area (Å²) in [6.07, 6.45) is 0.202. The van der Waals surface area contributed by atoms with Crippen LogP contribution in [-0.4, -0.2) is 32.3 Å². The summed E-state index contributed by atoms with van der Waals surface area (Å²) in [5.74, 6) is 0.386. The topological polar surface area (TPSA) is 73.6 Å². The van der Waals surface area contributed by atoms with E-state index >= 15 is 0 Å². The van der Waals surface area contributed by atoms with Crippen LogP contribution in [0.2, 0.25) is 0 Å². The van der Waals surface area contributed by atoms with Crippen molar-refractivity contribution in [3.63, 3.8) is 0 Å². The van der Waals surface area contributed by atoms with Crippen LogP contribution in [0, 0.1) is 6.92 Å². The number of benzene rings is 1. The molecule has 106 valence electrons. The highest BCUT2D eigenvalue weighted by Crippen LogP contribution is 2.23. The number of hydrogen-bond donors (Lipinski definition) is 2. The Morgan fingerprint density at radius 1 is 1.47 bits per heavy atom. The number of aryl methyl sites for hydroxylation is 1. The Morgan fingerprint density at radius 3 is 2.89 bits per heavy atom. The average Bonchev–Trinajstić information content (AvgIpc) is 2.38. The van der Waals surface area contributed by atoms with Gasteiger partial charge in [-0.3, -0.25) is 4.79 Å². The van der Waals surface area contributed by atoms with Crippen LogP contribution in [0.1, 0.15) is 18.9 Å². The van der Waals surface area contributed by atoms with E-state index < -0.39 is 6.10 Å². The summed E-state index contributed by atoms with van der Waals surface area (Å²) in [4.78, 5) is 11.8. The Kier molecular flexibility index (Phi) is 6.15. The van der Waals surface area contributed by atoms with Crippen molar-refractivity contribution in [3.05, 3.63) is 23.8 Å². The van der Waals surface area contributed by atoms with Gasteiger partial charge >= 0.3 is 0 Å². The second kappa shape index (κ2) is 7.63. The summed E-state index contributed by atoms with van der Waals surface area (Å²) in [5, 5.41) is 2.79. The van der Waals surface area contributed by atoms with E-state index in [9.17, 15) is 4.79 Å². The molecular formula is C14H22N2O3. The Morgan fingerprint density at radius 2 is 2.21 bits per heavy atom. The lowest BCUT2D eigenvalue weighted by Crippen LogP contribution is -2.37. The molecular weight excluding hydrogens is 244 g/mol. The molecule has 0 saturated heterocycles. The second-order valence-electron chi connectivity index (χ2n) is 4.44. The van der Waals surface area contributed by atoms with E-state index in [4.69, 9.17) is 15.2 Å². The number of hydrogen-bond acceptors (Lipinski definition) is 4. The first-order valence-corrected chi connectivity index (χ1v) is 6.34. The largest absolute Gasteiger partial charge is 0.479 e. The molecule has 0 aromatic heterocycles. The molecule has 0 heterocycles. The highest BCUT2D eigenvalue weighted by molar-refractivity contribution is 5.80. The predicted molar refractivity (Wildman–Crippen MR) is 75.2 cm³/mol. The molecule has 0 spiro atoms. The quantitative estimate of drug-likeness (QED) is 0.579. The summed E-state index contributed by atoms with van der Waals surface area (Å²) in [5.41, 5.74) is 7.38. The maximum atomic E-state index is 11.8. The third-order valence-electron chi connectivity index (χ3n) is 2.67. The highest BCUT2D eigenvalue weighted by atomic mass is 16.5. The molecule has 1 unspecified atom stereocenters. The fourth-order valence-corrected chi connectivity index (χ4v) is 1.56. The Balaban J connectivity index is 2.47. The van der Waals surface area contributed by atoms with Gasteiger partial charge in [-0.1, -0.05) is 6.07 Å². The van der Waals surface area contributed by atoms with Gasteiger partial charge in [0.25, 0.3) is 5.91 Å². The molecule has 0 aliphatic rings. The zero-order chi connectivity index (χ0) is 14.3. The summed E-state index contributed by atoms with van der Waals surface area (Å²) in [6, 6.07) is 5.50. The molecule has 1 aromatic carbocycles. The maximum Gasteiger partial charge on any atom is 0.260 e. The van der Waals surface area contributed by atoms with E-state index in [0.29, 0.717) is 24.6 Å². The van der Waals surface area contributed by atoms with Crippen molar-refractivity contribution in [2.24, 2.45) is 0 Å². The molecule has 19 heavy (non-hydrogen) atoms. The minimum atomic E-state index is -0.577. The number of rotatable bonds is 7. The van der Waals surface area contributed by atoms with Gasteiger partial charge in [0.2, 0.25) is 0 Å². The van der Waals surface area contributed by atoms with Crippen molar-refractivity contribution in [2.75, 3.05) is 26.0 Å². The lowest BCUT2D eigenvalue weighted by atomic mass is 10.2. The standard InChI is InChI=1S/C14H22N2O3/c1-10-5-6-12(15)13(9-10)19-11(2)14(17)16-7-4-8-18-3/h5-6,9,11H,4,7-8,15H2,1-3H3,(H,16,17). The van der Waals surface area contributed by atoms with Gasteiger partial charge in [0.1, 0.15) is 5.75 Å². The van der Waals surface area contributed by atoms with E-state index in [1.165, 1.54) is 0 Å². The van der Waals surface area contributed by atoms with Crippen molar-refractivity contribution < 1.29 is 14.3 Å². The summed E-state index contributed by atoms with van der Waals surface area (Å²) < 4.78 is 10.5. The van der Waals surface area contributed by atoms with Crippen LogP contribution < -0.4 is 15.8 Å². The van der Waals surface area contributed by atoms with E-state index in [1.54, 1.807) is 20.1 Å². The van der Waals surface area contributed by atoms with Gasteiger partial charge in [0.05, 0.1) is 5.69 Å². The van der Waals surface area contributed by atoms with Gasteiger partial charge in [-0.05, 0) is 38.0 Å². The molecule has 0 saturated carbocycles. The zero-order valence-corrected chi connectivity index (χ0v) is 11.7. The molecule has 1 amide bonds. The molecule has 5 nitrogen and oxygen atoms in total. The smallest absolute Gasteiger partial charge is 0.260 e. The summed E-state index contributed by atoms with van der Waals surface area (Å²) in [7, 11) is 1.63. The van der Waals surface area contributed by atoms with E-state index in [1.807, 2.05) is 19.1 Å². The van der Waals surface area contributed by atoms with Crippen molar-refractivity contribution in [2.45, 2.75) is 26.4 Å². The van der Waals surface area contributed by atoms with Crippen LogP contribution in [0.25, 0.3) is 0 Å². The summed E-state index contributed by atoms with van der Waals surface area (Å²) >= 11 is 0. The molecule has 1 aromatic rings. The number of nitrogens with one attached hydrogen (secondary N) is 1. The molecule has 1 rings (SSSR count). The number of nitrogens with two attached hydrogens (primary N) is 1. The molecule has 5 heteroatoms. The van der Waals surface area contributed by atoms with Crippen LogP contribution in [-0.2, 0) is 9.53 Å². The van der Waals surface area contributed by atoms with E-state index in [2.05, 4.69) is 5.32 Å². The average molecular weight is 266 g/mol. The lowest BCUT2D eigenvalue weighted by Gasteiger charge is -2.16. The lowest BCUT2D eigenvalue weighted by molar-refractivity contribution is -0.127. The number of amides is 1. The molecule has 3 N–H and O–H groups in total. The number of anilines is 1. The molecule has 0 bridgehead atoms. The normalized spacial score (nSPS) is 11.9. The maximum absolute atomic E-state index is 11.8. The van der Waals surface area contributed by atoms with Gasteiger partial charge < -0.3 is 20.5 Å². The fraction of sp³-hybridized carbons (Fsp3) is 0.500. The first-order valence-electron chi connectivity index (χ1n) is 6.34. The molecule has 1 atom stereocenters. The molecule has 0 aliphatic carbocycles. The number of nitrogen functional groups attached to an aromatic ring is 1. The summed E-state index contributed by atoms with van der Waals surface area (Å²) in [6.45, 7) is 4.85. The van der Waals surface area contributed by atoms with Gasteiger partial charge in [-0.2, -0.15) is 0 Å². The van der Waals surface area contributed by atoms with Crippen molar-refractivity contribution >= 4 is 11.6 Å². The van der Waals surface area contributed by atoms with Crippen LogP contribution in [0.5, 0.6) is 5.75 Å². The van der Waals surface area contributed by atoms with Crippen molar-refractivity contribution in [1.29, 1.82) is 0 Å². The fourth-order valence-electron chi connectivity index (χ4n) is 1.56. The van der Waals surface area contributed by atoms with Crippen molar-refractivity contribution in [3.8, 4) is 5.75 Å². The monoisotopic (exact) mass is 266 g/mol. The Hall–Kier alpha value is -1.75. The first-order chi connectivity index (χ1) is 9.04. The number of carbonyl (C=O) groups is 1. The van der Waals surface area contributed by atoms with Crippen molar-refractivity contribution in [1.82, 2.24) is 5.32 Å².